The molecule has 0 heteroatoms. The highest BCUT2D eigenvalue weighted by Crippen LogP contribution is 2.45. The standard InChI is InChI=1S/C12H24/c1-3-5-7-9-12-10-11(12)8-6-4-2/h11-12H,3-10H2,1-2H3. The van der Waals surface area contributed by atoms with E-state index in [1.807, 2.05) is 0 Å². The second-order valence-corrected chi connectivity index (χ2v) is 4.39. The van der Waals surface area contributed by atoms with Crippen LogP contribution in [0.3, 0.4) is 0 Å². The monoisotopic (exact) mass is 168 g/mol. The van der Waals surface area contributed by atoms with Gasteiger partial charge in [0.15, 0.2) is 0 Å². The normalized spacial score (nSPS) is 27.5. The molecule has 1 aliphatic carbocycles. The van der Waals surface area contributed by atoms with E-state index < -0.39 is 0 Å². The van der Waals surface area contributed by atoms with Crippen molar-refractivity contribution < 1.29 is 0 Å². The molecule has 0 amide bonds. The zero-order valence-corrected chi connectivity index (χ0v) is 8.81. The van der Waals surface area contributed by atoms with Crippen molar-refractivity contribution in [2.75, 3.05) is 0 Å². The molecule has 0 aromatic rings. The molecule has 0 N–H and O–H groups in total. The minimum Gasteiger partial charge on any atom is -0.0654 e. The van der Waals surface area contributed by atoms with Gasteiger partial charge in [-0.05, 0) is 18.3 Å². The van der Waals surface area contributed by atoms with Crippen molar-refractivity contribution in [3.05, 3.63) is 0 Å². The first-order chi connectivity index (χ1) is 5.88. The molecule has 0 radical (unpaired) electrons. The molecule has 0 heterocycles. The molecule has 0 aliphatic heterocycles. The lowest BCUT2D eigenvalue weighted by molar-refractivity contribution is 0.548. The Hall–Kier alpha value is 0. The summed E-state index contributed by atoms with van der Waals surface area (Å²) >= 11 is 0. The average molecular weight is 168 g/mol. The first-order valence-electron chi connectivity index (χ1n) is 5.88. The van der Waals surface area contributed by atoms with Crippen LogP contribution in [-0.4, -0.2) is 0 Å². The van der Waals surface area contributed by atoms with E-state index >= 15 is 0 Å². The first-order valence-corrected chi connectivity index (χ1v) is 5.88. The van der Waals surface area contributed by atoms with Crippen LogP contribution in [0, 0.1) is 11.8 Å². The summed E-state index contributed by atoms with van der Waals surface area (Å²) in [6, 6.07) is 0. The van der Waals surface area contributed by atoms with Crippen LogP contribution in [0.4, 0.5) is 0 Å². The molecule has 0 spiro atoms. The summed E-state index contributed by atoms with van der Waals surface area (Å²) in [5.41, 5.74) is 0. The second-order valence-electron chi connectivity index (χ2n) is 4.39. The summed E-state index contributed by atoms with van der Waals surface area (Å²) in [5.74, 6) is 2.28. The van der Waals surface area contributed by atoms with Crippen molar-refractivity contribution in [3.63, 3.8) is 0 Å². The van der Waals surface area contributed by atoms with Gasteiger partial charge >= 0.3 is 0 Å². The zero-order chi connectivity index (χ0) is 8.81. The van der Waals surface area contributed by atoms with Gasteiger partial charge in [-0.1, -0.05) is 58.8 Å². The average Bonchev–Trinajstić information content (AvgIpc) is 2.81. The summed E-state index contributed by atoms with van der Waals surface area (Å²) in [6.45, 7) is 4.59. The van der Waals surface area contributed by atoms with Crippen LogP contribution >= 0.6 is 0 Å². The van der Waals surface area contributed by atoms with E-state index in [0.717, 1.165) is 11.8 Å². The van der Waals surface area contributed by atoms with Crippen molar-refractivity contribution >= 4 is 0 Å². The van der Waals surface area contributed by atoms with Crippen molar-refractivity contribution in [3.8, 4) is 0 Å². The Morgan fingerprint density at radius 1 is 0.833 bits per heavy atom. The molecule has 1 aliphatic rings. The SMILES string of the molecule is CCCCCC1CC1CCCC. The summed E-state index contributed by atoms with van der Waals surface area (Å²) in [6.07, 6.45) is 11.8. The van der Waals surface area contributed by atoms with Gasteiger partial charge in [0.25, 0.3) is 0 Å². The fraction of sp³-hybridized carbons (Fsp3) is 1.00. The highest BCUT2D eigenvalue weighted by atomic mass is 14.4. The first kappa shape index (κ1) is 10.1. The quantitative estimate of drug-likeness (QED) is 0.494. The number of rotatable bonds is 7. The van der Waals surface area contributed by atoms with Crippen LogP contribution in [0.15, 0.2) is 0 Å². The van der Waals surface area contributed by atoms with Crippen LogP contribution in [0.25, 0.3) is 0 Å². The predicted molar refractivity (Wildman–Crippen MR) is 55.3 cm³/mol. The van der Waals surface area contributed by atoms with Gasteiger partial charge in [0.05, 0.1) is 0 Å². The highest BCUT2D eigenvalue weighted by molar-refractivity contribution is 4.85. The molecular formula is C12H24. The molecule has 2 atom stereocenters. The third-order valence-corrected chi connectivity index (χ3v) is 3.18. The Morgan fingerprint density at radius 3 is 2.00 bits per heavy atom. The van der Waals surface area contributed by atoms with E-state index in [1.165, 1.54) is 44.9 Å². The molecule has 0 bridgehead atoms. The highest BCUT2D eigenvalue weighted by Gasteiger charge is 2.34. The molecule has 0 aromatic heterocycles. The van der Waals surface area contributed by atoms with Crippen molar-refractivity contribution in [1.82, 2.24) is 0 Å². The van der Waals surface area contributed by atoms with Gasteiger partial charge in [0, 0.05) is 0 Å². The lowest BCUT2D eigenvalue weighted by Gasteiger charge is -1.98. The zero-order valence-electron chi connectivity index (χ0n) is 8.81. The Labute approximate surface area is 77.7 Å². The fourth-order valence-electron chi connectivity index (χ4n) is 2.14. The van der Waals surface area contributed by atoms with Crippen molar-refractivity contribution in [2.45, 2.75) is 65.2 Å². The predicted octanol–water partition coefficient (Wildman–Crippen LogP) is 4.39. The minimum atomic E-state index is 1.14. The van der Waals surface area contributed by atoms with E-state index in [4.69, 9.17) is 0 Å². The minimum absolute atomic E-state index is 1.14. The lowest BCUT2D eigenvalue weighted by Crippen LogP contribution is -1.84. The Kier molecular flexibility index (Phi) is 4.72. The number of hydrogen-bond donors (Lipinski definition) is 0. The second kappa shape index (κ2) is 5.61. The maximum atomic E-state index is 2.30. The molecule has 72 valence electrons. The maximum Gasteiger partial charge on any atom is -0.0383 e. The molecule has 0 aromatic carbocycles. The van der Waals surface area contributed by atoms with Gasteiger partial charge in [-0.3, -0.25) is 0 Å². The maximum absolute atomic E-state index is 2.30. The van der Waals surface area contributed by atoms with Crippen LogP contribution in [0.1, 0.15) is 65.2 Å². The third kappa shape index (κ3) is 3.60. The van der Waals surface area contributed by atoms with Crippen LogP contribution in [-0.2, 0) is 0 Å². The van der Waals surface area contributed by atoms with E-state index in [9.17, 15) is 0 Å². The molecule has 12 heavy (non-hydrogen) atoms. The van der Waals surface area contributed by atoms with Crippen molar-refractivity contribution in [2.24, 2.45) is 11.8 Å². The largest absolute Gasteiger partial charge is 0.0654 e. The van der Waals surface area contributed by atoms with Gasteiger partial charge < -0.3 is 0 Å². The third-order valence-electron chi connectivity index (χ3n) is 3.18. The topological polar surface area (TPSA) is 0 Å². The smallest absolute Gasteiger partial charge is 0.0383 e. The molecule has 1 fully saturated rings. The van der Waals surface area contributed by atoms with Gasteiger partial charge in [0.1, 0.15) is 0 Å². The van der Waals surface area contributed by atoms with Crippen LogP contribution in [0.2, 0.25) is 0 Å². The Bertz CT molecular complexity index is 107. The fourth-order valence-corrected chi connectivity index (χ4v) is 2.14. The van der Waals surface area contributed by atoms with Crippen LogP contribution in [0.5, 0.6) is 0 Å². The van der Waals surface area contributed by atoms with Crippen molar-refractivity contribution in [1.29, 1.82) is 0 Å². The van der Waals surface area contributed by atoms with E-state index in [1.54, 1.807) is 6.42 Å². The van der Waals surface area contributed by atoms with Gasteiger partial charge in [-0.2, -0.15) is 0 Å². The summed E-state index contributed by atoms with van der Waals surface area (Å²) in [5, 5.41) is 0. The number of hydrogen-bond acceptors (Lipinski definition) is 0. The molecular weight excluding hydrogens is 144 g/mol. The van der Waals surface area contributed by atoms with E-state index in [0.29, 0.717) is 0 Å². The Morgan fingerprint density at radius 2 is 1.42 bits per heavy atom. The van der Waals surface area contributed by atoms with E-state index in [-0.39, 0.29) is 0 Å². The molecule has 1 rings (SSSR count). The summed E-state index contributed by atoms with van der Waals surface area (Å²) in [7, 11) is 0. The van der Waals surface area contributed by atoms with Gasteiger partial charge in [0.2, 0.25) is 0 Å². The Balaban J connectivity index is 1.86. The van der Waals surface area contributed by atoms with Gasteiger partial charge in [-0.25, -0.2) is 0 Å². The molecule has 1 saturated carbocycles. The van der Waals surface area contributed by atoms with E-state index in [2.05, 4.69) is 13.8 Å². The summed E-state index contributed by atoms with van der Waals surface area (Å²) in [4.78, 5) is 0. The molecule has 0 nitrogen and oxygen atoms in total. The molecule has 0 saturated heterocycles. The van der Waals surface area contributed by atoms with Crippen LogP contribution < -0.4 is 0 Å². The lowest BCUT2D eigenvalue weighted by atomic mass is 10.1. The van der Waals surface area contributed by atoms with Gasteiger partial charge in [-0.15, -0.1) is 0 Å². The summed E-state index contributed by atoms with van der Waals surface area (Å²) < 4.78 is 0. The number of unbranched alkanes of at least 4 members (excludes halogenated alkanes) is 3. The molecule has 2 unspecified atom stereocenters.